The van der Waals surface area contributed by atoms with E-state index in [0.717, 1.165) is 17.4 Å². The van der Waals surface area contributed by atoms with Gasteiger partial charge in [-0.1, -0.05) is 30.7 Å². The van der Waals surface area contributed by atoms with Crippen LogP contribution in [0.25, 0.3) is 0 Å². The average molecular weight is 214 g/mol. The zero-order valence-corrected chi connectivity index (χ0v) is 9.69. The molecule has 0 heterocycles. The third kappa shape index (κ3) is 1.46. The molecular formula is C15H18O. The Balaban J connectivity index is 1.92. The van der Waals surface area contributed by atoms with Crippen LogP contribution in [-0.2, 0) is 0 Å². The highest BCUT2D eigenvalue weighted by atomic mass is 16.3. The number of aryl methyl sites for hydroxylation is 1. The van der Waals surface area contributed by atoms with Gasteiger partial charge in [0.15, 0.2) is 0 Å². The fraction of sp³-hybridized carbons (Fsp3) is 0.467. The topological polar surface area (TPSA) is 20.2 Å². The smallest absolute Gasteiger partial charge is 0.118 e. The van der Waals surface area contributed by atoms with Gasteiger partial charge in [-0.3, -0.25) is 0 Å². The van der Waals surface area contributed by atoms with Gasteiger partial charge in [-0.15, -0.1) is 0 Å². The van der Waals surface area contributed by atoms with Crippen LogP contribution in [0.2, 0.25) is 0 Å². The second-order valence-corrected chi connectivity index (χ2v) is 5.22. The molecule has 1 saturated carbocycles. The molecule has 16 heavy (non-hydrogen) atoms. The highest BCUT2D eigenvalue weighted by Gasteiger charge is 2.35. The monoisotopic (exact) mass is 214 g/mol. The van der Waals surface area contributed by atoms with E-state index in [9.17, 15) is 5.11 Å². The molecule has 3 rings (SSSR count). The summed E-state index contributed by atoms with van der Waals surface area (Å²) < 4.78 is 0. The molecule has 1 nitrogen and oxygen atoms in total. The summed E-state index contributed by atoms with van der Waals surface area (Å²) in [5.41, 5.74) is 2.37. The second kappa shape index (κ2) is 3.65. The molecule has 2 aliphatic rings. The molecule has 0 aromatic heterocycles. The number of hydrogen-bond donors (Lipinski definition) is 1. The molecule has 0 bridgehead atoms. The van der Waals surface area contributed by atoms with Crippen molar-refractivity contribution in [1.82, 2.24) is 0 Å². The Morgan fingerprint density at radius 1 is 1.19 bits per heavy atom. The highest BCUT2D eigenvalue weighted by molar-refractivity contribution is 5.39. The molecule has 84 valence electrons. The van der Waals surface area contributed by atoms with Crippen LogP contribution in [0.5, 0.6) is 5.75 Å². The highest BCUT2D eigenvalue weighted by Crippen LogP contribution is 2.47. The number of hydrogen-bond acceptors (Lipinski definition) is 1. The summed E-state index contributed by atoms with van der Waals surface area (Å²) in [6.45, 7) is 1.98. The van der Waals surface area contributed by atoms with E-state index in [1.54, 1.807) is 0 Å². The normalized spacial score (nSPS) is 31.9. The molecule has 0 saturated heterocycles. The maximum absolute atomic E-state index is 9.56. The van der Waals surface area contributed by atoms with E-state index in [-0.39, 0.29) is 0 Å². The van der Waals surface area contributed by atoms with Crippen molar-refractivity contribution in [3.05, 3.63) is 41.5 Å². The Labute approximate surface area is 96.8 Å². The summed E-state index contributed by atoms with van der Waals surface area (Å²) in [6.07, 6.45) is 8.90. The van der Waals surface area contributed by atoms with E-state index in [4.69, 9.17) is 0 Å². The van der Waals surface area contributed by atoms with E-state index in [1.807, 2.05) is 13.0 Å². The Kier molecular flexibility index (Phi) is 2.27. The lowest BCUT2D eigenvalue weighted by Crippen LogP contribution is -2.08. The Morgan fingerprint density at radius 3 is 2.88 bits per heavy atom. The first kappa shape index (κ1) is 9.95. The fourth-order valence-electron chi connectivity index (χ4n) is 3.35. The number of benzene rings is 1. The fourth-order valence-corrected chi connectivity index (χ4v) is 3.35. The molecule has 1 heteroatoms. The SMILES string of the molecule is Cc1cc(C2C=CC3CCCC32)ccc1O. The van der Waals surface area contributed by atoms with Crippen molar-refractivity contribution in [2.24, 2.45) is 11.8 Å². The van der Waals surface area contributed by atoms with E-state index >= 15 is 0 Å². The van der Waals surface area contributed by atoms with Crippen molar-refractivity contribution in [2.45, 2.75) is 32.1 Å². The molecule has 1 aromatic carbocycles. The number of aromatic hydroxyl groups is 1. The molecule has 1 fully saturated rings. The van der Waals surface area contributed by atoms with Gasteiger partial charge in [-0.05, 0) is 48.8 Å². The predicted molar refractivity (Wildman–Crippen MR) is 65.6 cm³/mol. The van der Waals surface area contributed by atoms with Crippen LogP contribution in [0.3, 0.4) is 0 Å². The minimum atomic E-state index is 0.411. The first-order valence-corrected chi connectivity index (χ1v) is 6.23. The number of rotatable bonds is 1. The zero-order chi connectivity index (χ0) is 11.1. The lowest BCUT2D eigenvalue weighted by atomic mass is 9.85. The van der Waals surface area contributed by atoms with E-state index in [2.05, 4.69) is 24.3 Å². The van der Waals surface area contributed by atoms with Gasteiger partial charge >= 0.3 is 0 Å². The van der Waals surface area contributed by atoms with Crippen LogP contribution >= 0.6 is 0 Å². The van der Waals surface area contributed by atoms with Gasteiger partial charge in [0.05, 0.1) is 0 Å². The van der Waals surface area contributed by atoms with Crippen LogP contribution in [-0.4, -0.2) is 5.11 Å². The maximum Gasteiger partial charge on any atom is 0.118 e. The summed E-state index contributed by atoms with van der Waals surface area (Å²) >= 11 is 0. The van der Waals surface area contributed by atoms with Crippen molar-refractivity contribution in [1.29, 1.82) is 0 Å². The zero-order valence-electron chi connectivity index (χ0n) is 9.69. The molecule has 3 unspecified atom stereocenters. The molecule has 3 atom stereocenters. The van der Waals surface area contributed by atoms with Crippen molar-refractivity contribution in [3.8, 4) is 5.75 Å². The first-order chi connectivity index (χ1) is 7.75. The molecular weight excluding hydrogens is 196 g/mol. The van der Waals surface area contributed by atoms with Gasteiger partial charge in [0.25, 0.3) is 0 Å². The molecule has 2 aliphatic carbocycles. The lowest BCUT2D eigenvalue weighted by Gasteiger charge is -2.19. The molecule has 0 radical (unpaired) electrons. The van der Waals surface area contributed by atoms with Gasteiger partial charge in [0.2, 0.25) is 0 Å². The van der Waals surface area contributed by atoms with Crippen LogP contribution < -0.4 is 0 Å². The number of fused-ring (bicyclic) bond motifs is 1. The molecule has 1 aromatic rings. The van der Waals surface area contributed by atoms with Crippen molar-refractivity contribution >= 4 is 0 Å². The lowest BCUT2D eigenvalue weighted by molar-refractivity contribution is 0.447. The largest absolute Gasteiger partial charge is 0.508 e. The molecule has 0 aliphatic heterocycles. The van der Waals surface area contributed by atoms with Gasteiger partial charge in [-0.25, -0.2) is 0 Å². The van der Waals surface area contributed by atoms with Crippen molar-refractivity contribution in [2.75, 3.05) is 0 Å². The third-order valence-electron chi connectivity index (χ3n) is 4.26. The average Bonchev–Trinajstić information content (AvgIpc) is 2.83. The summed E-state index contributed by atoms with van der Waals surface area (Å²) in [7, 11) is 0. The second-order valence-electron chi connectivity index (χ2n) is 5.22. The molecule has 1 N–H and O–H groups in total. The minimum absolute atomic E-state index is 0.411. The Morgan fingerprint density at radius 2 is 2.06 bits per heavy atom. The van der Waals surface area contributed by atoms with E-state index in [0.29, 0.717) is 11.7 Å². The predicted octanol–water partition coefficient (Wildman–Crippen LogP) is 3.77. The van der Waals surface area contributed by atoms with Crippen LogP contribution in [0.15, 0.2) is 30.4 Å². The van der Waals surface area contributed by atoms with Gasteiger partial charge in [0.1, 0.15) is 5.75 Å². The number of phenolic OH excluding ortho intramolecular Hbond substituents is 1. The van der Waals surface area contributed by atoms with Crippen LogP contribution in [0.1, 0.15) is 36.3 Å². The van der Waals surface area contributed by atoms with Crippen LogP contribution in [0, 0.1) is 18.8 Å². The molecule has 0 amide bonds. The Hall–Kier alpha value is -1.24. The van der Waals surface area contributed by atoms with Crippen molar-refractivity contribution < 1.29 is 5.11 Å². The van der Waals surface area contributed by atoms with Gasteiger partial charge < -0.3 is 5.11 Å². The van der Waals surface area contributed by atoms with E-state index < -0.39 is 0 Å². The summed E-state index contributed by atoms with van der Waals surface area (Å²) in [6, 6.07) is 6.06. The number of phenols is 1. The summed E-state index contributed by atoms with van der Waals surface area (Å²) in [4.78, 5) is 0. The minimum Gasteiger partial charge on any atom is -0.508 e. The third-order valence-corrected chi connectivity index (χ3v) is 4.26. The van der Waals surface area contributed by atoms with E-state index in [1.165, 1.54) is 24.8 Å². The molecule has 0 spiro atoms. The standard InChI is InChI=1S/C15H18O/c1-10-9-12(6-8-15(10)16)14-7-5-11-3-2-4-13(11)14/h5-9,11,13-14,16H,2-4H2,1H3. The van der Waals surface area contributed by atoms with Crippen molar-refractivity contribution in [3.63, 3.8) is 0 Å². The maximum atomic E-state index is 9.56. The number of allylic oxidation sites excluding steroid dienone is 2. The quantitative estimate of drug-likeness (QED) is 0.705. The summed E-state index contributed by atoms with van der Waals surface area (Å²) in [5.74, 6) is 2.64. The van der Waals surface area contributed by atoms with Gasteiger partial charge in [-0.2, -0.15) is 0 Å². The summed E-state index contributed by atoms with van der Waals surface area (Å²) in [5, 5.41) is 9.56. The first-order valence-electron chi connectivity index (χ1n) is 6.23. The van der Waals surface area contributed by atoms with Crippen LogP contribution in [0.4, 0.5) is 0 Å². The van der Waals surface area contributed by atoms with Gasteiger partial charge in [0, 0.05) is 5.92 Å². The Bertz CT molecular complexity index is 433.